The molecule has 0 aliphatic rings. The number of amidine groups is 1. The van der Waals surface area contributed by atoms with Crippen molar-refractivity contribution in [3.8, 4) is 0 Å². The van der Waals surface area contributed by atoms with Gasteiger partial charge < -0.3 is 10.9 Å². The summed E-state index contributed by atoms with van der Waals surface area (Å²) in [7, 11) is -4.10. The number of sulfonamides is 1. The normalized spacial score (nSPS) is 12.9. The molecule has 0 spiro atoms. The quantitative estimate of drug-likeness (QED) is 0.356. The van der Waals surface area contributed by atoms with Crippen LogP contribution in [0, 0.1) is 11.6 Å². The minimum Gasteiger partial charge on any atom is -0.409 e. The van der Waals surface area contributed by atoms with Gasteiger partial charge in [-0.05, 0) is 12.1 Å². The first-order chi connectivity index (χ1) is 9.32. The lowest BCUT2D eigenvalue weighted by Gasteiger charge is -2.20. The highest BCUT2D eigenvalue weighted by atomic mass is 32.2. The number of rotatable bonds is 6. The first-order valence-corrected chi connectivity index (χ1v) is 7.18. The van der Waals surface area contributed by atoms with Crippen molar-refractivity contribution in [1.29, 1.82) is 0 Å². The summed E-state index contributed by atoms with van der Waals surface area (Å²) in [5.74, 6) is -2.16. The molecule has 0 radical (unpaired) electrons. The Hall–Kier alpha value is -1.74. The van der Waals surface area contributed by atoms with Gasteiger partial charge in [0, 0.05) is 25.6 Å². The lowest BCUT2D eigenvalue weighted by atomic mass is 10.3. The molecule has 0 fully saturated rings. The van der Waals surface area contributed by atoms with E-state index in [4.69, 9.17) is 10.9 Å². The van der Waals surface area contributed by atoms with Crippen LogP contribution >= 0.6 is 0 Å². The molecule has 1 aromatic rings. The van der Waals surface area contributed by atoms with E-state index in [0.717, 1.165) is 16.4 Å². The summed E-state index contributed by atoms with van der Waals surface area (Å²) in [6.07, 6.45) is -0.00756. The predicted octanol–water partition coefficient (Wildman–Crippen LogP) is 1.11. The Morgan fingerprint density at radius 3 is 2.60 bits per heavy atom. The fourth-order valence-electron chi connectivity index (χ4n) is 1.56. The van der Waals surface area contributed by atoms with Crippen LogP contribution in [0.15, 0.2) is 28.3 Å². The predicted molar refractivity (Wildman–Crippen MR) is 68.8 cm³/mol. The second-order valence-electron chi connectivity index (χ2n) is 3.91. The van der Waals surface area contributed by atoms with Gasteiger partial charge in [0.1, 0.15) is 22.4 Å². The highest BCUT2D eigenvalue weighted by Gasteiger charge is 2.26. The summed E-state index contributed by atoms with van der Waals surface area (Å²) in [5.41, 5.74) is 5.26. The van der Waals surface area contributed by atoms with Crippen LogP contribution in [0.1, 0.15) is 13.3 Å². The second-order valence-corrected chi connectivity index (χ2v) is 5.82. The maximum absolute atomic E-state index is 13.6. The van der Waals surface area contributed by atoms with E-state index >= 15 is 0 Å². The highest BCUT2D eigenvalue weighted by molar-refractivity contribution is 7.89. The van der Waals surface area contributed by atoms with Crippen LogP contribution in [0.25, 0.3) is 0 Å². The van der Waals surface area contributed by atoms with Gasteiger partial charge in [-0.15, -0.1) is 0 Å². The van der Waals surface area contributed by atoms with E-state index in [9.17, 15) is 17.2 Å². The van der Waals surface area contributed by atoms with Crippen LogP contribution in [0.5, 0.6) is 0 Å². The number of hydrogen-bond donors (Lipinski definition) is 2. The molecule has 0 saturated heterocycles. The molecule has 9 heteroatoms. The summed E-state index contributed by atoms with van der Waals surface area (Å²) < 4.78 is 51.8. The van der Waals surface area contributed by atoms with E-state index in [2.05, 4.69) is 5.16 Å². The van der Waals surface area contributed by atoms with Crippen LogP contribution in [0.3, 0.4) is 0 Å². The van der Waals surface area contributed by atoms with Crippen LogP contribution in [0.2, 0.25) is 0 Å². The van der Waals surface area contributed by atoms with E-state index in [-0.39, 0.29) is 25.3 Å². The lowest BCUT2D eigenvalue weighted by Crippen LogP contribution is -2.34. The number of oxime groups is 1. The highest BCUT2D eigenvalue weighted by Crippen LogP contribution is 2.20. The Balaban J connectivity index is 3.06. The molecular formula is C11H15F2N3O3S. The Bertz CT molecular complexity index is 605. The maximum Gasteiger partial charge on any atom is 0.245 e. The van der Waals surface area contributed by atoms with Crippen molar-refractivity contribution in [2.45, 2.75) is 18.2 Å². The molecule has 112 valence electrons. The van der Waals surface area contributed by atoms with E-state index in [1.54, 1.807) is 6.92 Å². The monoisotopic (exact) mass is 307 g/mol. The van der Waals surface area contributed by atoms with Crippen molar-refractivity contribution in [1.82, 2.24) is 4.31 Å². The summed E-state index contributed by atoms with van der Waals surface area (Å²) >= 11 is 0. The number of halogens is 2. The number of hydrogen-bond acceptors (Lipinski definition) is 4. The maximum atomic E-state index is 13.6. The van der Waals surface area contributed by atoms with E-state index in [1.807, 2.05) is 0 Å². The molecular weight excluding hydrogens is 292 g/mol. The minimum absolute atomic E-state index is 0.00756. The van der Waals surface area contributed by atoms with Crippen molar-refractivity contribution >= 4 is 15.9 Å². The van der Waals surface area contributed by atoms with Crippen molar-refractivity contribution < 1.29 is 22.4 Å². The third-order valence-corrected chi connectivity index (χ3v) is 4.62. The van der Waals surface area contributed by atoms with Gasteiger partial charge >= 0.3 is 0 Å². The van der Waals surface area contributed by atoms with Gasteiger partial charge in [0.25, 0.3) is 0 Å². The van der Waals surface area contributed by atoms with Gasteiger partial charge in [0.2, 0.25) is 10.0 Å². The first kappa shape index (κ1) is 16.3. The second kappa shape index (κ2) is 6.62. The summed E-state index contributed by atoms with van der Waals surface area (Å²) in [6.45, 7) is 1.55. The SMILES string of the molecule is CCN(CCC(N)=NO)S(=O)(=O)c1ccc(F)cc1F. The largest absolute Gasteiger partial charge is 0.409 e. The fraction of sp³-hybridized carbons (Fsp3) is 0.364. The van der Waals surface area contributed by atoms with Gasteiger partial charge in [-0.25, -0.2) is 17.2 Å². The lowest BCUT2D eigenvalue weighted by molar-refractivity contribution is 0.315. The van der Waals surface area contributed by atoms with Gasteiger partial charge in [-0.1, -0.05) is 12.1 Å². The summed E-state index contributed by atoms with van der Waals surface area (Å²) in [5, 5.41) is 11.1. The fourth-order valence-corrected chi connectivity index (χ4v) is 3.06. The zero-order valence-corrected chi connectivity index (χ0v) is 11.6. The standard InChI is InChI=1S/C11H15F2N3O3S/c1-2-16(6-5-11(14)15-17)20(18,19)10-4-3-8(12)7-9(10)13/h3-4,7,17H,2,5-6H2,1H3,(H2,14,15). The molecule has 0 aromatic heterocycles. The first-order valence-electron chi connectivity index (χ1n) is 5.74. The molecule has 0 bridgehead atoms. The molecule has 0 saturated carbocycles. The molecule has 0 atom stereocenters. The molecule has 0 amide bonds. The molecule has 3 N–H and O–H groups in total. The van der Waals surface area contributed by atoms with Crippen molar-refractivity contribution in [2.24, 2.45) is 10.9 Å². The summed E-state index contributed by atoms with van der Waals surface area (Å²) in [6, 6.07) is 2.24. The van der Waals surface area contributed by atoms with E-state index in [1.165, 1.54) is 0 Å². The smallest absolute Gasteiger partial charge is 0.245 e. The van der Waals surface area contributed by atoms with Crippen LogP contribution < -0.4 is 5.73 Å². The van der Waals surface area contributed by atoms with Crippen molar-refractivity contribution in [3.63, 3.8) is 0 Å². The van der Waals surface area contributed by atoms with Crippen molar-refractivity contribution in [2.75, 3.05) is 13.1 Å². The Morgan fingerprint density at radius 2 is 2.10 bits per heavy atom. The third-order valence-electron chi connectivity index (χ3n) is 2.61. The summed E-state index contributed by atoms with van der Waals surface area (Å²) in [4.78, 5) is -0.611. The van der Waals surface area contributed by atoms with Crippen molar-refractivity contribution in [3.05, 3.63) is 29.8 Å². The molecule has 0 heterocycles. The van der Waals surface area contributed by atoms with Crippen LogP contribution in [-0.2, 0) is 10.0 Å². The van der Waals surface area contributed by atoms with Gasteiger partial charge in [-0.3, -0.25) is 0 Å². The Kier molecular flexibility index (Phi) is 5.40. The molecule has 1 rings (SSSR count). The van der Waals surface area contributed by atoms with E-state index < -0.39 is 26.6 Å². The van der Waals surface area contributed by atoms with Crippen LogP contribution in [0.4, 0.5) is 8.78 Å². The molecule has 0 unspecified atom stereocenters. The zero-order valence-electron chi connectivity index (χ0n) is 10.8. The van der Waals surface area contributed by atoms with Gasteiger partial charge in [-0.2, -0.15) is 4.31 Å². The Morgan fingerprint density at radius 1 is 1.45 bits per heavy atom. The third kappa shape index (κ3) is 3.64. The molecule has 6 nitrogen and oxygen atoms in total. The molecule has 0 aliphatic heterocycles. The molecule has 0 aliphatic carbocycles. The molecule has 1 aromatic carbocycles. The topological polar surface area (TPSA) is 96.0 Å². The van der Waals surface area contributed by atoms with E-state index in [0.29, 0.717) is 6.07 Å². The number of nitrogens with two attached hydrogens (primary N) is 1. The average Bonchev–Trinajstić information content (AvgIpc) is 2.38. The number of benzene rings is 1. The van der Waals surface area contributed by atoms with Gasteiger partial charge in [0.15, 0.2) is 0 Å². The Labute approximate surface area is 115 Å². The number of nitrogens with zero attached hydrogens (tertiary/aromatic N) is 2. The minimum atomic E-state index is -4.10. The molecule has 20 heavy (non-hydrogen) atoms. The van der Waals surface area contributed by atoms with Gasteiger partial charge in [0.05, 0.1) is 0 Å². The zero-order chi connectivity index (χ0) is 15.3. The average molecular weight is 307 g/mol. The van der Waals surface area contributed by atoms with Crippen LogP contribution in [-0.4, -0.2) is 36.9 Å².